The molecule has 0 aliphatic carbocycles. The van der Waals surface area contributed by atoms with Gasteiger partial charge in [-0.1, -0.05) is 6.08 Å². The second-order valence-corrected chi connectivity index (χ2v) is 4.87. The van der Waals surface area contributed by atoms with Gasteiger partial charge in [0.05, 0.1) is 20.3 Å². The van der Waals surface area contributed by atoms with Crippen molar-refractivity contribution in [3.05, 3.63) is 12.7 Å². The van der Waals surface area contributed by atoms with Crippen molar-refractivity contribution in [2.24, 2.45) is 0 Å². The number of rotatable bonds is 7. The predicted molar refractivity (Wildman–Crippen MR) is 70.8 cm³/mol. The highest BCUT2D eigenvalue weighted by atomic mass is 16.6. The average molecular weight is 273 g/mol. The summed E-state index contributed by atoms with van der Waals surface area (Å²) in [5, 5.41) is 2.41. The number of amides is 1. The number of hydrogen-bond donors (Lipinski definition) is 1. The number of ether oxygens (including phenoxy) is 3. The zero-order valence-corrected chi connectivity index (χ0v) is 12.0. The number of alkyl carbamates (subject to hydrolysis) is 1. The number of carbonyl (C=O) groups is 2. The molecule has 0 aromatic rings. The monoisotopic (exact) mass is 273 g/mol. The number of methoxy groups -OCH3 is 1. The van der Waals surface area contributed by atoms with Crippen molar-refractivity contribution < 1.29 is 23.8 Å². The van der Waals surface area contributed by atoms with Crippen LogP contribution in [0.3, 0.4) is 0 Å². The van der Waals surface area contributed by atoms with E-state index in [1.165, 1.54) is 7.11 Å². The van der Waals surface area contributed by atoms with E-state index in [2.05, 4.69) is 16.6 Å². The summed E-state index contributed by atoms with van der Waals surface area (Å²) in [4.78, 5) is 23.0. The minimum atomic E-state index is -0.885. The van der Waals surface area contributed by atoms with Gasteiger partial charge >= 0.3 is 12.1 Å². The van der Waals surface area contributed by atoms with Crippen molar-refractivity contribution >= 4 is 12.1 Å². The van der Waals surface area contributed by atoms with Gasteiger partial charge in [0, 0.05) is 0 Å². The Kier molecular flexibility index (Phi) is 7.83. The Bertz CT molecular complexity index is 309. The third-order valence-electron chi connectivity index (χ3n) is 1.93. The first kappa shape index (κ1) is 17.4. The summed E-state index contributed by atoms with van der Waals surface area (Å²) < 4.78 is 14.9. The summed E-state index contributed by atoms with van der Waals surface area (Å²) in [5.74, 6) is -0.579. The topological polar surface area (TPSA) is 73.9 Å². The molecule has 0 spiro atoms. The summed E-state index contributed by atoms with van der Waals surface area (Å²) in [6.45, 7) is 9.22. The number of nitrogens with one attached hydrogen (secondary N) is 1. The normalized spacial score (nSPS) is 12.4. The van der Waals surface area contributed by atoms with E-state index < -0.39 is 23.7 Å². The van der Waals surface area contributed by atoms with Crippen molar-refractivity contribution in [1.82, 2.24) is 5.32 Å². The second kappa shape index (κ2) is 8.53. The maximum absolute atomic E-state index is 11.6. The van der Waals surface area contributed by atoms with Crippen LogP contribution in [-0.2, 0) is 19.0 Å². The summed E-state index contributed by atoms with van der Waals surface area (Å²) >= 11 is 0. The Balaban J connectivity index is 4.30. The fraction of sp³-hybridized carbons (Fsp3) is 0.692. The molecular formula is C13H23NO5. The zero-order valence-electron chi connectivity index (χ0n) is 12.0. The van der Waals surface area contributed by atoms with Crippen LogP contribution in [0.15, 0.2) is 12.7 Å². The molecule has 0 aromatic carbocycles. The molecule has 0 aromatic heterocycles. The van der Waals surface area contributed by atoms with Crippen LogP contribution in [0, 0.1) is 0 Å². The van der Waals surface area contributed by atoms with Crippen LogP contribution in [0.4, 0.5) is 4.79 Å². The van der Waals surface area contributed by atoms with Crippen molar-refractivity contribution in [3.8, 4) is 0 Å². The maximum Gasteiger partial charge on any atom is 0.408 e. The van der Waals surface area contributed by atoms with E-state index in [4.69, 9.17) is 9.47 Å². The van der Waals surface area contributed by atoms with Gasteiger partial charge in [-0.2, -0.15) is 0 Å². The third kappa shape index (κ3) is 9.07. The minimum Gasteiger partial charge on any atom is -0.467 e. The van der Waals surface area contributed by atoms with Gasteiger partial charge in [0.2, 0.25) is 0 Å². The highest BCUT2D eigenvalue weighted by Gasteiger charge is 2.25. The molecule has 6 nitrogen and oxygen atoms in total. The SMILES string of the molecule is C=CCCOCC(NC(=O)OC(C)(C)C)C(=O)OC. The molecule has 0 heterocycles. The summed E-state index contributed by atoms with van der Waals surface area (Å²) in [5.41, 5.74) is -0.631. The molecule has 1 amide bonds. The van der Waals surface area contributed by atoms with Gasteiger partial charge in [-0.25, -0.2) is 9.59 Å². The van der Waals surface area contributed by atoms with Gasteiger partial charge in [0.1, 0.15) is 5.60 Å². The molecule has 1 atom stereocenters. The molecule has 6 heteroatoms. The van der Waals surface area contributed by atoms with Crippen LogP contribution in [0.5, 0.6) is 0 Å². The average Bonchev–Trinajstić information content (AvgIpc) is 2.29. The van der Waals surface area contributed by atoms with E-state index in [0.29, 0.717) is 13.0 Å². The molecule has 0 radical (unpaired) electrons. The van der Waals surface area contributed by atoms with Crippen LogP contribution < -0.4 is 5.32 Å². The van der Waals surface area contributed by atoms with Gasteiger partial charge < -0.3 is 19.5 Å². The largest absolute Gasteiger partial charge is 0.467 e. The van der Waals surface area contributed by atoms with E-state index in [0.717, 1.165) is 0 Å². The molecule has 110 valence electrons. The third-order valence-corrected chi connectivity index (χ3v) is 1.93. The van der Waals surface area contributed by atoms with Gasteiger partial charge in [-0.3, -0.25) is 0 Å². The highest BCUT2D eigenvalue weighted by Crippen LogP contribution is 2.07. The smallest absolute Gasteiger partial charge is 0.408 e. The first-order chi connectivity index (χ1) is 8.80. The van der Waals surface area contributed by atoms with E-state index in [-0.39, 0.29) is 6.61 Å². The lowest BCUT2D eigenvalue weighted by Gasteiger charge is -2.22. The molecule has 19 heavy (non-hydrogen) atoms. The summed E-state index contributed by atoms with van der Waals surface area (Å²) in [7, 11) is 1.25. The Labute approximate surface area is 114 Å². The molecule has 0 saturated heterocycles. The van der Waals surface area contributed by atoms with E-state index >= 15 is 0 Å². The van der Waals surface area contributed by atoms with Crippen LogP contribution >= 0.6 is 0 Å². The fourth-order valence-corrected chi connectivity index (χ4v) is 1.13. The van der Waals surface area contributed by atoms with E-state index in [1.54, 1.807) is 26.8 Å². The van der Waals surface area contributed by atoms with Gasteiger partial charge in [0.25, 0.3) is 0 Å². The van der Waals surface area contributed by atoms with Crippen molar-refractivity contribution in [2.75, 3.05) is 20.3 Å². The molecule has 0 aliphatic heterocycles. The first-order valence-corrected chi connectivity index (χ1v) is 6.06. The van der Waals surface area contributed by atoms with Crippen molar-refractivity contribution in [1.29, 1.82) is 0 Å². The van der Waals surface area contributed by atoms with Gasteiger partial charge in [0.15, 0.2) is 6.04 Å². The Morgan fingerprint density at radius 3 is 2.47 bits per heavy atom. The van der Waals surface area contributed by atoms with E-state index in [9.17, 15) is 9.59 Å². The molecule has 0 bridgehead atoms. The fourth-order valence-electron chi connectivity index (χ4n) is 1.13. The highest BCUT2D eigenvalue weighted by molar-refractivity contribution is 5.81. The second-order valence-electron chi connectivity index (χ2n) is 4.87. The molecule has 0 aliphatic rings. The summed E-state index contributed by atoms with van der Waals surface area (Å²) in [6.07, 6.45) is 1.68. The van der Waals surface area contributed by atoms with E-state index in [1.807, 2.05) is 0 Å². The zero-order chi connectivity index (χ0) is 14.9. The lowest BCUT2D eigenvalue weighted by Crippen LogP contribution is -2.46. The predicted octanol–water partition coefficient (Wildman–Crippen LogP) is 1.65. The number of esters is 1. The Hall–Kier alpha value is -1.56. The van der Waals surface area contributed by atoms with Gasteiger partial charge in [-0.15, -0.1) is 6.58 Å². The Morgan fingerprint density at radius 2 is 2.00 bits per heavy atom. The number of carbonyl (C=O) groups excluding carboxylic acids is 2. The van der Waals surface area contributed by atoms with Crippen LogP contribution in [0.1, 0.15) is 27.2 Å². The standard InChI is InChI=1S/C13H23NO5/c1-6-7-8-18-9-10(11(15)17-5)14-12(16)19-13(2,3)4/h6,10H,1,7-9H2,2-5H3,(H,14,16). The number of hydrogen-bond acceptors (Lipinski definition) is 5. The molecule has 1 unspecified atom stereocenters. The first-order valence-electron chi connectivity index (χ1n) is 6.06. The Morgan fingerprint density at radius 1 is 1.37 bits per heavy atom. The molecular weight excluding hydrogens is 250 g/mol. The quantitative estimate of drug-likeness (QED) is 0.433. The molecule has 0 rings (SSSR count). The van der Waals surface area contributed by atoms with Gasteiger partial charge in [-0.05, 0) is 27.2 Å². The maximum atomic E-state index is 11.6. The van der Waals surface area contributed by atoms with Crippen LogP contribution in [-0.4, -0.2) is 44.0 Å². The van der Waals surface area contributed by atoms with Crippen molar-refractivity contribution in [3.63, 3.8) is 0 Å². The summed E-state index contributed by atoms with van der Waals surface area (Å²) in [6, 6.07) is -0.885. The molecule has 1 N–H and O–H groups in total. The lowest BCUT2D eigenvalue weighted by atomic mass is 10.2. The minimum absolute atomic E-state index is 0.0275. The van der Waals surface area contributed by atoms with Crippen LogP contribution in [0.25, 0.3) is 0 Å². The molecule has 0 saturated carbocycles. The molecule has 0 fully saturated rings. The van der Waals surface area contributed by atoms with Crippen LogP contribution in [0.2, 0.25) is 0 Å². The lowest BCUT2D eigenvalue weighted by molar-refractivity contribution is -0.144. The van der Waals surface area contributed by atoms with Crippen molar-refractivity contribution in [2.45, 2.75) is 38.8 Å².